The average Bonchev–Trinajstić information content (AvgIpc) is 3.27. The highest BCUT2D eigenvalue weighted by Crippen LogP contribution is 2.38. The van der Waals surface area contributed by atoms with Crippen LogP contribution in [0.4, 0.5) is 24.8 Å². The molecule has 0 bridgehead atoms. The number of rotatable bonds is 3. The molecule has 0 atom stereocenters. The fourth-order valence-electron chi connectivity index (χ4n) is 3.82. The van der Waals surface area contributed by atoms with Crippen LogP contribution in [-0.2, 0) is 19.0 Å². The Balaban J connectivity index is 1.89. The van der Waals surface area contributed by atoms with E-state index in [-0.39, 0.29) is 17.5 Å². The van der Waals surface area contributed by atoms with Gasteiger partial charge < -0.3 is 4.90 Å². The van der Waals surface area contributed by atoms with Crippen LogP contribution >= 0.6 is 0 Å². The van der Waals surface area contributed by atoms with Crippen LogP contribution in [0.2, 0.25) is 0 Å². The normalized spacial score (nSPS) is 13.6. The molecule has 0 radical (unpaired) electrons. The quantitative estimate of drug-likeness (QED) is 0.661. The van der Waals surface area contributed by atoms with Gasteiger partial charge >= 0.3 is 6.18 Å². The van der Waals surface area contributed by atoms with Crippen LogP contribution in [0.1, 0.15) is 34.6 Å². The van der Waals surface area contributed by atoms with Gasteiger partial charge in [0.2, 0.25) is 5.95 Å². The highest BCUT2D eigenvalue weighted by atomic mass is 19.4. The Morgan fingerprint density at radius 1 is 1.11 bits per heavy atom. The molecule has 0 aliphatic heterocycles. The lowest BCUT2D eigenvalue weighted by Crippen LogP contribution is -2.21. The molecule has 0 fully saturated rings. The Bertz CT molecular complexity index is 1040. The largest absolute Gasteiger partial charge is 0.421 e. The van der Waals surface area contributed by atoms with Crippen LogP contribution in [0, 0.1) is 13.8 Å². The minimum atomic E-state index is -4.57. The smallest absolute Gasteiger partial charge is 0.313 e. The molecule has 0 amide bonds. The Morgan fingerprint density at radius 3 is 2.57 bits per heavy atom. The van der Waals surface area contributed by atoms with Gasteiger partial charge in [-0.25, -0.2) is 9.97 Å². The Labute approximate surface area is 160 Å². The molecular formula is C20H20F3N5. The molecule has 5 nitrogen and oxygen atoms in total. The molecule has 1 aliphatic rings. The van der Waals surface area contributed by atoms with Crippen LogP contribution in [0.25, 0.3) is 5.82 Å². The van der Waals surface area contributed by atoms with E-state index in [9.17, 15) is 13.2 Å². The van der Waals surface area contributed by atoms with Crippen molar-refractivity contribution < 1.29 is 13.2 Å². The van der Waals surface area contributed by atoms with Gasteiger partial charge in [0.25, 0.3) is 0 Å². The van der Waals surface area contributed by atoms with Crippen molar-refractivity contribution in [2.24, 2.45) is 0 Å². The number of hydrogen-bond acceptors (Lipinski definition) is 4. The molecule has 0 N–H and O–H groups in total. The summed E-state index contributed by atoms with van der Waals surface area (Å²) in [7, 11) is 1.79. The van der Waals surface area contributed by atoms with Gasteiger partial charge in [0.1, 0.15) is 11.4 Å². The van der Waals surface area contributed by atoms with Crippen LogP contribution in [-0.4, -0.2) is 26.6 Å². The third-order valence-corrected chi connectivity index (χ3v) is 5.18. The van der Waals surface area contributed by atoms with Crippen molar-refractivity contribution in [2.45, 2.75) is 39.3 Å². The zero-order valence-electron chi connectivity index (χ0n) is 15.9. The molecule has 0 spiro atoms. The summed E-state index contributed by atoms with van der Waals surface area (Å²) in [6, 6.07) is 6.02. The molecular weight excluding hydrogens is 367 g/mol. The molecule has 1 aliphatic carbocycles. The number of fused-ring (bicyclic) bond motifs is 1. The lowest BCUT2D eigenvalue weighted by Gasteiger charge is -2.23. The van der Waals surface area contributed by atoms with Crippen molar-refractivity contribution in [1.82, 2.24) is 19.5 Å². The number of aromatic nitrogens is 4. The highest BCUT2D eigenvalue weighted by molar-refractivity contribution is 5.65. The van der Waals surface area contributed by atoms with Crippen molar-refractivity contribution in [3.63, 3.8) is 0 Å². The van der Waals surface area contributed by atoms with Gasteiger partial charge in [-0.05, 0) is 50.3 Å². The van der Waals surface area contributed by atoms with Crippen LogP contribution in [0.15, 0.2) is 30.6 Å². The van der Waals surface area contributed by atoms with Crippen LogP contribution in [0.5, 0.6) is 0 Å². The van der Waals surface area contributed by atoms with E-state index in [0.29, 0.717) is 5.82 Å². The number of halogens is 3. The van der Waals surface area contributed by atoms with Gasteiger partial charge in [0.15, 0.2) is 5.82 Å². The van der Waals surface area contributed by atoms with Crippen molar-refractivity contribution in [3.8, 4) is 5.82 Å². The summed E-state index contributed by atoms with van der Waals surface area (Å²) in [5, 5.41) is 0. The van der Waals surface area contributed by atoms with Crippen molar-refractivity contribution >= 4 is 11.6 Å². The molecule has 2 heterocycles. The summed E-state index contributed by atoms with van der Waals surface area (Å²) < 4.78 is 42.6. The lowest BCUT2D eigenvalue weighted by molar-refractivity contribution is -0.138. The Hall–Kier alpha value is -2.90. The molecule has 4 rings (SSSR count). The van der Waals surface area contributed by atoms with E-state index in [0.717, 1.165) is 24.9 Å². The third-order valence-electron chi connectivity index (χ3n) is 5.18. The first-order valence-electron chi connectivity index (χ1n) is 9.08. The summed E-state index contributed by atoms with van der Waals surface area (Å²) in [5.74, 6) is 0.455. The number of aryl methyl sites for hydroxylation is 3. The van der Waals surface area contributed by atoms with Gasteiger partial charge in [0.05, 0.1) is 5.69 Å². The maximum atomic E-state index is 13.7. The molecule has 0 saturated heterocycles. The fourth-order valence-corrected chi connectivity index (χ4v) is 3.82. The summed E-state index contributed by atoms with van der Waals surface area (Å²) in [5.41, 5.74) is 2.47. The zero-order chi connectivity index (χ0) is 20.1. The first-order valence-corrected chi connectivity index (χ1v) is 9.08. The molecule has 0 saturated carbocycles. The number of nitrogens with zero attached hydrogens (tertiary/aromatic N) is 5. The van der Waals surface area contributed by atoms with Crippen molar-refractivity contribution in [2.75, 3.05) is 11.9 Å². The summed E-state index contributed by atoms with van der Waals surface area (Å²) >= 11 is 0. The minimum absolute atomic E-state index is 0.111. The van der Waals surface area contributed by atoms with Crippen molar-refractivity contribution in [1.29, 1.82) is 0 Å². The van der Waals surface area contributed by atoms with Gasteiger partial charge in [-0.3, -0.25) is 4.57 Å². The summed E-state index contributed by atoms with van der Waals surface area (Å²) in [4.78, 5) is 14.3. The van der Waals surface area contributed by atoms with Crippen LogP contribution < -0.4 is 4.90 Å². The molecule has 1 aromatic carbocycles. The fraction of sp³-hybridized carbons (Fsp3) is 0.350. The van der Waals surface area contributed by atoms with E-state index in [4.69, 9.17) is 0 Å². The number of hydrogen-bond donors (Lipinski definition) is 0. The SMILES string of the molecule is Cc1nc(N(C)c2cccc3c2CCC3)nc(-n2ccnc2C)c1C(F)(F)F. The minimum Gasteiger partial charge on any atom is -0.313 e. The lowest BCUT2D eigenvalue weighted by atomic mass is 10.1. The van der Waals surface area contributed by atoms with Gasteiger partial charge in [0, 0.05) is 25.1 Å². The maximum absolute atomic E-state index is 13.7. The Morgan fingerprint density at radius 2 is 1.89 bits per heavy atom. The monoisotopic (exact) mass is 387 g/mol. The van der Waals surface area contributed by atoms with E-state index in [1.165, 1.54) is 35.0 Å². The van der Waals surface area contributed by atoms with Gasteiger partial charge in [-0.15, -0.1) is 0 Å². The average molecular weight is 387 g/mol. The first-order chi connectivity index (χ1) is 13.3. The predicted octanol–water partition coefficient (Wildman–Crippen LogP) is 4.55. The second-order valence-corrected chi connectivity index (χ2v) is 6.98. The number of anilines is 2. The second-order valence-electron chi connectivity index (χ2n) is 6.98. The highest BCUT2D eigenvalue weighted by Gasteiger charge is 2.38. The molecule has 0 unspecified atom stereocenters. The number of benzene rings is 1. The summed E-state index contributed by atoms with van der Waals surface area (Å²) in [6.07, 6.45) is 1.41. The third kappa shape index (κ3) is 3.02. The van der Waals surface area contributed by atoms with Crippen LogP contribution in [0.3, 0.4) is 0 Å². The standard InChI is InChI=1S/C20H20F3N5/c1-12-17(20(21,22)23)18(28-11-10-24-13(28)2)26-19(25-12)27(3)16-9-5-7-14-6-4-8-15(14)16/h5,7,9-11H,4,6,8H2,1-3H3. The molecule has 28 heavy (non-hydrogen) atoms. The van der Waals surface area contributed by atoms with E-state index >= 15 is 0 Å². The van der Waals surface area contributed by atoms with Crippen molar-refractivity contribution in [3.05, 3.63) is 58.8 Å². The predicted molar refractivity (Wildman–Crippen MR) is 100 cm³/mol. The molecule has 8 heteroatoms. The Kier molecular flexibility index (Phi) is 4.36. The topological polar surface area (TPSA) is 46.8 Å². The van der Waals surface area contributed by atoms with E-state index in [1.807, 2.05) is 12.1 Å². The second kappa shape index (κ2) is 6.61. The maximum Gasteiger partial charge on any atom is 0.421 e. The first kappa shape index (κ1) is 18.5. The van der Waals surface area contributed by atoms with E-state index < -0.39 is 11.7 Å². The van der Waals surface area contributed by atoms with E-state index in [1.54, 1.807) is 18.9 Å². The molecule has 146 valence electrons. The number of alkyl halides is 3. The summed E-state index contributed by atoms with van der Waals surface area (Å²) in [6.45, 7) is 3.01. The van der Waals surface area contributed by atoms with E-state index in [2.05, 4.69) is 21.0 Å². The number of imidazole rings is 1. The van der Waals surface area contributed by atoms with Gasteiger partial charge in [-0.1, -0.05) is 12.1 Å². The zero-order valence-corrected chi connectivity index (χ0v) is 15.9. The molecule has 2 aromatic heterocycles. The van der Waals surface area contributed by atoms with Gasteiger partial charge in [-0.2, -0.15) is 18.2 Å². The molecule has 3 aromatic rings.